The largest absolute Gasteiger partial charge is 0.455 e. The molecule has 0 amide bonds. The van der Waals surface area contributed by atoms with Gasteiger partial charge in [0.25, 0.3) is 0 Å². The topological polar surface area (TPSA) is 39.2 Å². The SMILES string of the molecule is O=Cc1ccncc1Oc1ccccc1. The second kappa shape index (κ2) is 4.37. The lowest BCUT2D eigenvalue weighted by atomic mass is 10.3. The van der Waals surface area contributed by atoms with Crippen molar-refractivity contribution in [1.29, 1.82) is 0 Å². The molecule has 1 heterocycles. The normalized spacial score (nSPS) is 9.60. The second-order valence-electron chi connectivity index (χ2n) is 2.95. The van der Waals surface area contributed by atoms with Crippen LogP contribution in [0.15, 0.2) is 48.8 Å². The Bertz CT molecular complexity index is 454. The van der Waals surface area contributed by atoms with Crippen LogP contribution in [0.25, 0.3) is 0 Å². The zero-order valence-corrected chi connectivity index (χ0v) is 7.96. The molecule has 15 heavy (non-hydrogen) atoms. The van der Waals surface area contributed by atoms with Crippen molar-refractivity contribution in [3.8, 4) is 11.5 Å². The molecule has 2 rings (SSSR count). The minimum Gasteiger partial charge on any atom is -0.455 e. The first kappa shape index (κ1) is 9.40. The van der Waals surface area contributed by atoms with E-state index in [0.717, 1.165) is 6.29 Å². The molecule has 0 aliphatic rings. The van der Waals surface area contributed by atoms with Crippen LogP contribution >= 0.6 is 0 Å². The molecule has 74 valence electrons. The zero-order chi connectivity index (χ0) is 10.5. The van der Waals surface area contributed by atoms with Gasteiger partial charge < -0.3 is 4.74 Å². The number of carbonyl (C=O) groups excluding carboxylic acids is 1. The maximum absolute atomic E-state index is 10.7. The highest BCUT2D eigenvalue weighted by atomic mass is 16.5. The number of rotatable bonds is 3. The summed E-state index contributed by atoms with van der Waals surface area (Å²) in [5, 5.41) is 0. The highest BCUT2D eigenvalue weighted by Gasteiger charge is 2.02. The van der Waals surface area contributed by atoms with E-state index < -0.39 is 0 Å². The van der Waals surface area contributed by atoms with E-state index in [2.05, 4.69) is 4.98 Å². The van der Waals surface area contributed by atoms with Crippen LogP contribution in [0.5, 0.6) is 11.5 Å². The number of para-hydroxylation sites is 1. The molecule has 0 spiro atoms. The summed E-state index contributed by atoms with van der Waals surface area (Å²) in [6, 6.07) is 10.9. The fourth-order valence-electron chi connectivity index (χ4n) is 1.19. The van der Waals surface area contributed by atoms with Gasteiger partial charge in [-0.15, -0.1) is 0 Å². The van der Waals surface area contributed by atoms with E-state index in [1.54, 1.807) is 12.3 Å². The maximum atomic E-state index is 10.7. The number of benzene rings is 1. The lowest BCUT2D eigenvalue weighted by Gasteiger charge is -2.06. The molecular weight excluding hydrogens is 190 g/mol. The van der Waals surface area contributed by atoms with Crippen molar-refractivity contribution >= 4 is 6.29 Å². The summed E-state index contributed by atoms with van der Waals surface area (Å²) >= 11 is 0. The monoisotopic (exact) mass is 199 g/mol. The number of nitrogens with zero attached hydrogens (tertiary/aromatic N) is 1. The van der Waals surface area contributed by atoms with Gasteiger partial charge in [-0.3, -0.25) is 9.78 Å². The molecule has 0 aliphatic heterocycles. The first-order valence-electron chi connectivity index (χ1n) is 4.52. The number of hydrogen-bond donors (Lipinski definition) is 0. The van der Waals surface area contributed by atoms with Gasteiger partial charge in [-0.1, -0.05) is 18.2 Å². The van der Waals surface area contributed by atoms with Crippen molar-refractivity contribution in [1.82, 2.24) is 4.98 Å². The lowest BCUT2D eigenvalue weighted by molar-refractivity contribution is 0.112. The molecule has 2 aromatic rings. The van der Waals surface area contributed by atoms with Crippen LogP contribution in [0.2, 0.25) is 0 Å². The van der Waals surface area contributed by atoms with Crippen LogP contribution in [-0.4, -0.2) is 11.3 Å². The van der Waals surface area contributed by atoms with E-state index in [9.17, 15) is 4.79 Å². The molecule has 0 N–H and O–H groups in total. The van der Waals surface area contributed by atoms with Gasteiger partial charge in [0.2, 0.25) is 0 Å². The summed E-state index contributed by atoms with van der Waals surface area (Å²) in [6.45, 7) is 0. The Kier molecular flexibility index (Phi) is 2.74. The Hall–Kier alpha value is -2.16. The molecule has 1 aromatic carbocycles. The molecule has 3 nitrogen and oxygen atoms in total. The van der Waals surface area contributed by atoms with E-state index in [1.807, 2.05) is 30.3 Å². The summed E-state index contributed by atoms with van der Waals surface area (Å²) < 4.78 is 5.51. The first-order chi connectivity index (χ1) is 7.40. The molecule has 0 radical (unpaired) electrons. The molecule has 0 saturated heterocycles. The molecule has 0 fully saturated rings. The Balaban J connectivity index is 2.28. The number of hydrogen-bond acceptors (Lipinski definition) is 3. The Morgan fingerprint density at radius 1 is 1.13 bits per heavy atom. The van der Waals surface area contributed by atoms with Gasteiger partial charge in [-0.05, 0) is 18.2 Å². The smallest absolute Gasteiger partial charge is 0.156 e. The Morgan fingerprint density at radius 2 is 1.93 bits per heavy atom. The number of aldehydes is 1. The minimum absolute atomic E-state index is 0.471. The van der Waals surface area contributed by atoms with E-state index in [0.29, 0.717) is 17.1 Å². The lowest BCUT2D eigenvalue weighted by Crippen LogP contribution is -1.90. The van der Waals surface area contributed by atoms with Crippen LogP contribution in [-0.2, 0) is 0 Å². The number of pyridine rings is 1. The van der Waals surface area contributed by atoms with Crippen molar-refractivity contribution < 1.29 is 9.53 Å². The van der Waals surface area contributed by atoms with Gasteiger partial charge in [0.1, 0.15) is 5.75 Å². The highest BCUT2D eigenvalue weighted by Crippen LogP contribution is 2.22. The quantitative estimate of drug-likeness (QED) is 0.713. The summed E-state index contributed by atoms with van der Waals surface area (Å²) in [5.41, 5.74) is 0.494. The van der Waals surface area contributed by atoms with Crippen molar-refractivity contribution in [2.75, 3.05) is 0 Å². The van der Waals surface area contributed by atoms with E-state index in [4.69, 9.17) is 4.74 Å². The van der Waals surface area contributed by atoms with Crippen molar-refractivity contribution in [3.05, 3.63) is 54.4 Å². The molecule has 0 bridgehead atoms. The Morgan fingerprint density at radius 3 is 2.67 bits per heavy atom. The number of aromatic nitrogens is 1. The van der Waals surface area contributed by atoms with Gasteiger partial charge >= 0.3 is 0 Å². The van der Waals surface area contributed by atoms with Gasteiger partial charge in [-0.2, -0.15) is 0 Å². The molecule has 0 aliphatic carbocycles. The molecule has 3 heteroatoms. The van der Waals surface area contributed by atoms with E-state index in [-0.39, 0.29) is 0 Å². The van der Waals surface area contributed by atoms with Crippen LogP contribution < -0.4 is 4.74 Å². The average molecular weight is 199 g/mol. The predicted molar refractivity (Wildman–Crippen MR) is 56.1 cm³/mol. The first-order valence-corrected chi connectivity index (χ1v) is 4.52. The van der Waals surface area contributed by atoms with Gasteiger partial charge in [-0.25, -0.2) is 0 Å². The molecule has 0 saturated carbocycles. The predicted octanol–water partition coefficient (Wildman–Crippen LogP) is 2.69. The van der Waals surface area contributed by atoms with Crippen molar-refractivity contribution in [2.24, 2.45) is 0 Å². The maximum Gasteiger partial charge on any atom is 0.156 e. The summed E-state index contributed by atoms with van der Waals surface area (Å²) in [4.78, 5) is 14.6. The third kappa shape index (κ3) is 2.20. The van der Waals surface area contributed by atoms with Crippen LogP contribution in [0.1, 0.15) is 10.4 Å². The molecule has 1 aromatic heterocycles. The van der Waals surface area contributed by atoms with E-state index >= 15 is 0 Å². The minimum atomic E-state index is 0.471. The fraction of sp³-hybridized carbons (Fsp3) is 0. The van der Waals surface area contributed by atoms with Crippen LogP contribution in [0.3, 0.4) is 0 Å². The summed E-state index contributed by atoms with van der Waals surface area (Å²) in [5.74, 6) is 1.16. The molecular formula is C12H9NO2. The second-order valence-corrected chi connectivity index (χ2v) is 2.95. The van der Waals surface area contributed by atoms with Crippen molar-refractivity contribution in [3.63, 3.8) is 0 Å². The van der Waals surface area contributed by atoms with Gasteiger partial charge in [0, 0.05) is 6.20 Å². The van der Waals surface area contributed by atoms with Crippen molar-refractivity contribution in [2.45, 2.75) is 0 Å². The summed E-state index contributed by atoms with van der Waals surface area (Å²) in [6.07, 6.45) is 3.83. The molecule has 0 unspecified atom stereocenters. The number of carbonyl (C=O) groups is 1. The van der Waals surface area contributed by atoms with Gasteiger partial charge in [0.15, 0.2) is 12.0 Å². The molecule has 0 atom stereocenters. The third-order valence-corrected chi connectivity index (χ3v) is 1.91. The number of ether oxygens (including phenoxy) is 1. The van der Waals surface area contributed by atoms with E-state index in [1.165, 1.54) is 6.20 Å². The Labute approximate surface area is 87.3 Å². The summed E-state index contributed by atoms with van der Waals surface area (Å²) in [7, 11) is 0. The fourth-order valence-corrected chi connectivity index (χ4v) is 1.19. The van der Waals surface area contributed by atoms with Gasteiger partial charge in [0.05, 0.1) is 11.8 Å². The highest BCUT2D eigenvalue weighted by molar-refractivity contribution is 5.78. The third-order valence-electron chi connectivity index (χ3n) is 1.91. The average Bonchev–Trinajstić information content (AvgIpc) is 2.31. The standard InChI is InChI=1S/C12H9NO2/c14-9-10-6-7-13-8-12(10)15-11-4-2-1-3-5-11/h1-9H. The zero-order valence-electron chi connectivity index (χ0n) is 7.96. The van der Waals surface area contributed by atoms with Crippen LogP contribution in [0, 0.1) is 0 Å². The van der Waals surface area contributed by atoms with Crippen LogP contribution in [0.4, 0.5) is 0 Å².